The minimum Gasteiger partial charge on any atom is -0.489 e. The van der Waals surface area contributed by atoms with Crippen LogP contribution in [0, 0.1) is 0 Å². The fourth-order valence-electron chi connectivity index (χ4n) is 2.92. The predicted molar refractivity (Wildman–Crippen MR) is 106 cm³/mol. The van der Waals surface area contributed by atoms with Crippen molar-refractivity contribution in [3.8, 4) is 5.75 Å². The van der Waals surface area contributed by atoms with Crippen LogP contribution in [-0.4, -0.2) is 20.2 Å². The van der Waals surface area contributed by atoms with Crippen LogP contribution in [-0.2, 0) is 20.2 Å². The normalized spacial score (nSPS) is 10.9. The summed E-state index contributed by atoms with van der Waals surface area (Å²) in [6.07, 6.45) is 0. The van der Waals surface area contributed by atoms with Gasteiger partial charge >= 0.3 is 0 Å². The lowest BCUT2D eigenvalue weighted by Crippen LogP contribution is -2.08. The van der Waals surface area contributed by atoms with E-state index in [4.69, 9.17) is 16.3 Å². The van der Waals surface area contributed by atoms with Gasteiger partial charge in [-0.25, -0.2) is 4.68 Å². The first-order valence-corrected chi connectivity index (χ1v) is 8.92. The van der Waals surface area contributed by atoms with Crippen molar-refractivity contribution in [2.24, 2.45) is 7.05 Å². The van der Waals surface area contributed by atoms with E-state index in [2.05, 4.69) is 39.0 Å². The molecule has 0 unspecified atom stereocenters. The molecule has 1 N–H and O–H groups in total. The summed E-state index contributed by atoms with van der Waals surface area (Å²) in [5.41, 5.74) is 2.12. The fraction of sp³-hybridized carbons (Fsp3) is 0.150. The molecule has 0 saturated heterocycles. The number of aromatic nitrogens is 4. The summed E-state index contributed by atoms with van der Waals surface area (Å²) >= 11 is 5.96. The van der Waals surface area contributed by atoms with Crippen molar-refractivity contribution in [3.05, 3.63) is 76.8 Å². The number of tetrazole rings is 1. The zero-order chi connectivity index (χ0) is 18.6. The third-order valence-electron chi connectivity index (χ3n) is 4.35. The third kappa shape index (κ3) is 3.85. The summed E-state index contributed by atoms with van der Waals surface area (Å²) in [7, 11) is 1.80. The number of rotatable bonds is 6. The average Bonchev–Trinajstić information content (AvgIpc) is 3.11. The second-order valence-corrected chi connectivity index (χ2v) is 6.59. The van der Waals surface area contributed by atoms with Crippen LogP contribution < -0.4 is 10.1 Å². The molecule has 3 aromatic carbocycles. The summed E-state index contributed by atoms with van der Waals surface area (Å²) in [5.74, 6) is 1.43. The third-order valence-corrected chi connectivity index (χ3v) is 4.60. The first kappa shape index (κ1) is 17.3. The molecule has 0 aliphatic rings. The summed E-state index contributed by atoms with van der Waals surface area (Å²) in [6, 6.07) is 20.0. The van der Waals surface area contributed by atoms with Gasteiger partial charge in [-0.15, -0.1) is 0 Å². The molecule has 136 valence electrons. The van der Waals surface area contributed by atoms with Gasteiger partial charge in [-0.1, -0.05) is 59.2 Å². The van der Waals surface area contributed by atoms with Crippen LogP contribution in [0.4, 0.5) is 5.95 Å². The Morgan fingerprint density at radius 3 is 2.63 bits per heavy atom. The Kier molecular flexibility index (Phi) is 4.89. The number of fused-ring (bicyclic) bond motifs is 1. The molecule has 27 heavy (non-hydrogen) atoms. The molecule has 0 radical (unpaired) electrons. The van der Waals surface area contributed by atoms with Gasteiger partial charge in [0.2, 0.25) is 5.95 Å². The van der Waals surface area contributed by atoms with E-state index in [1.807, 2.05) is 42.5 Å². The molecule has 0 amide bonds. The molecule has 0 atom stereocenters. The lowest BCUT2D eigenvalue weighted by molar-refractivity contribution is 0.304. The molecule has 4 aromatic rings. The summed E-state index contributed by atoms with van der Waals surface area (Å²) < 4.78 is 7.73. The highest BCUT2D eigenvalue weighted by Gasteiger charge is 2.11. The number of ether oxygens (including phenoxy) is 1. The second kappa shape index (κ2) is 7.63. The standard InChI is InChI=1S/C20H18ClN5O/c1-26-20(23-24-25-26)22-12-18-17-5-3-2-4-15(17)8-11-19(18)27-13-14-6-9-16(21)10-7-14/h2-11H,12-13H2,1H3,(H,22,23,25). The van der Waals surface area contributed by atoms with Gasteiger partial charge in [-0.2, -0.15) is 0 Å². The molecular formula is C20H18ClN5O. The molecule has 0 aliphatic heterocycles. The highest BCUT2D eigenvalue weighted by Crippen LogP contribution is 2.29. The van der Waals surface area contributed by atoms with Crippen LogP contribution in [0.2, 0.25) is 5.02 Å². The maximum absolute atomic E-state index is 6.13. The van der Waals surface area contributed by atoms with Crippen molar-refractivity contribution >= 4 is 28.3 Å². The average molecular weight is 380 g/mol. The molecule has 0 fully saturated rings. The van der Waals surface area contributed by atoms with Crippen LogP contribution in [0.15, 0.2) is 60.7 Å². The van der Waals surface area contributed by atoms with Gasteiger partial charge in [-0.3, -0.25) is 0 Å². The number of benzene rings is 3. The van der Waals surface area contributed by atoms with E-state index in [0.29, 0.717) is 24.1 Å². The molecule has 6 nitrogen and oxygen atoms in total. The van der Waals surface area contributed by atoms with E-state index in [1.54, 1.807) is 11.7 Å². The molecule has 1 heterocycles. The number of hydrogen-bond donors (Lipinski definition) is 1. The van der Waals surface area contributed by atoms with Gasteiger partial charge in [0.1, 0.15) is 12.4 Å². The predicted octanol–water partition coefficient (Wildman–Crippen LogP) is 4.21. The van der Waals surface area contributed by atoms with E-state index in [1.165, 1.54) is 0 Å². The summed E-state index contributed by atoms with van der Waals surface area (Å²) in [6.45, 7) is 1.01. The quantitative estimate of drug-likeness (QED) is 0.543. The second-order valence-electron chi connectivity index (χ2n) is 6.16. The first-order chi connectivity index (χ1) is 13.2. The van der Waals surface area contributed by atoms with Crippen molar-refractivity contribution in [3.63, 3.8) is 0 Å². The maximum Gasteiger partial charge on any atom is 0.242 e. The number of nitrogens with zero attached hydrogens (tertiary/aromatic N) is 4. The van der Waals surface area contributed by atoms with E-state index < -0.39 is 0 Å². The smallest absolute Gasteiger partial charge is 0.242 e. The molecule has 0 bridgehead atoms. The lowest BCUT2D eigenvalue weighted by Gasteiger charge is -2.15. The summed E-state index contributed by atoms with van der Waals surface area (Å²) in [4.78, 5) is 0. The van der Waals surface area contributed by atoms with Crippen molar-refractivity contribution in [2.45, 2.75) is 13.2 Å². The highest BCUT2D eigenvalue weighted by molar-refractivity contribution is 6.30. The van der Waals surface area contributed by atoms with Gasteiger partial charge in [0, 0.05) is 24.2 Å². The molecule has 1 aromatic heterocycles. The van der Waals surface area contributed by atoms with E-state index in [0.717, 1.165) is 27.6 Å². The Balaban J connectivity index is 1.62. The molecule has 7 heteroatoms. The van der Waals surface area contributed by atoms with Crippen molar-refractivity contribution in [1.82, 2.24) is 20.2 Å². The lowest BCUT2D eigenvalue weighted by atomic mass is 10.0. The van der Waals surface area contributed by atoms with Gasteiger partial charge in [0.25, 0.3) is 0 Å². The number of halogens is 1. The van der Waals surface area contributed by atoms with Crippen LogP contribution in [0.3, 0.4) is 0 Å². The fourth-order valence-corrected chi connectivity index (χ4v) is 3.05. The first-order valence-electron chi connectivity index (χ1n) is 8.55. The Morgan fingerprint density at radius 1 is 1.04 bits per heavy atom. The zero-order valence-corrected chi connectivity index (χ0v) is 15.5. The van der Waals surface area contributed by atoms with E-state index in [9.17, 15) is 0 Å². The Bertz CT molecular complexity index is 1060. The topological polar surface area (TPSA) is 64.9 Å². The van der Waals surface area contributed by atoms with Gasteiger partial charge < -0.3 is 10.1 Å². The monoisotopic (exact) mass is 379 g/mol. The largest absolute Gasteiger partial charge is 0.489 e. The molecule has 0 saturated carbocycles. The number of aryl methyl sites for hydroxylation is 1. The van der Waals surface area contributed by atoms with Crippen molar-refractivity contribution in [1.29, 1.82) is 0 Å². The van der Waals surface area contributed by atoms with Gasteiger partial charge in [-0.05, 0) is 45.0 Å². The van der Waals surface area contributed by atoms with E-state index in [-0.39, 0.29) is 0 Å². The molecule has 0 aliphatic carbocycles. The van der Waals surface area contributed by atoms with Gasteiger partial charge in [0.15, 0.2) is 0 Å². The summed E-state index contributed by atoms with van der Waals surface area (Å²) in [5, 5.41) is 17.8. The zero-order valence-electron chi connectivity index (χ0n) is 14.8. The minimum absolute atomic E-state index is 0.466. The van der Waals surface area contributed by atoms with Crippen LogP contribution >= 0.6 is 11.6 Å². The Morgan fingerprint density at radius 2 is 1.85 bits per heavy atom. The van der Waals surface area contributed by atoms with Crippen LogP contribution in [0.5, 0.6) is 5.75 Å². The Labute approximate surface area is 161 Å². The number of nitrogens with one attached hydrogen (secondary N) is 1. The van der Waals surface area contributed by atoms with Crippen molar-refractivity contribution in [2.75, 3.05) is 5.32 Å². The number of hydrogen-bond acceptors (Lipinski definition) is 5. The van der Waals surface area contributed by atoms with Crippen molar-refractivity contribution < 1.29 is 4.74 Å². The molecule has 4 rings (SSSR count). The highest BCUT2D eigenvalue weighted by atomic mass is 35.5. The number of anilines is 1. The molecular weight excluding hydrogens is 362 g/mol. The van der Waals surface area contributed by atoms with Crippen LogP contribution in [0.1, 0.15) is 11.1 Å². The molecule has 0 spiro atoms. The maximum atomic E-state index is 6.13. The van der Waals surface area contributed by atoms with Gasteiger partial charge in [0.05, 0.1) is 0 Å². The van der Waals surface area contributed by atoms with Crippen LogP contribution in [0.25, 0.3) is 10.8 Å². The SMILES string of the molecule is Cn1nnnc1NCc1c(OCc2ccc(Cl)cc2)ccc2ccccc12. The minimum atomic E-state index is 0.466. The van der Waals surface area contributed by atoms with E-state index >= 15 is 0 Å². The Hall–Kier alpha value is -3.12.